The molecule has 3 amide bonds. The topological polar surface area (TPSA) is 113 Å². The predicted molar refractivity (Wildman–Crippen MR) is 75.5 cm³/mol. The monoisotopic (exact) mass is 298 g/mol. The first-order valence-electron chi connectivity index (χ1n) is 5.76. The maximum atomic E-state index is 11.6. The van der Waals surface area contributed by atoms with Gasteiger partial charge in [-0.1, -0.05) is 11.6 Å². The summed E-state index contributed by atoms with van der Waals surface area (Å²) in [5.41, 5.74) is 5.74. The molecule has 1 rings (SSSR count). The summed E-state index contributed by atoms with van der Waals surface area (Å²) in [6.07, 6.45) is 0. The van der Waals surface area contributed by atoms with Crippen LogP contribution in [0, 0.1) is 0 Å². The van der Waals surface area contributed by atoms with Crippen LogP contribution < -0.4 is 21.7 Å². The molecule has 0 atom stereocenters. The largest absolute Gasteiger partial charge is 0.355 e. The number of hydrogen-bond acceptors (Lipinski definition) is 4. The smallest absolute Gasteiger partial charge is 0.252 e. The highest BCUT2D eigenvalue weighted by Crippen LogP contribution is 2.20. The van der Waals surface area contributed by atoms with Gasteiger partial charge in [0.2, 0.25) is 11.8 Å². The summed E-state index contributed by atoms with van der Waals surface area (Å²) in [5, 5.41) is 7.59. The Bertz CT molecular complexity index is 533. The molecule has 0 heterocycles. The number of carbonyl (C=O) groups is 3. The van der Waals surface area contributed by atoms with Gasteiger partial charge >= 0.3 is 0 Å². The summed E-state index contributed by atoms with van der Waals surface area (Å²) < 4.78 is 0. The van der Waals surface area contributed by atoms with Crippen molar-refractivity contribution in [2.45, 2.75) is 0 Å². The Hall–Kier alpha value is -2.12. The van der Waals surface area contributed by atoms with Gasteiger partial charge in [-0.25, -0.2) is 0 Å². The molecular weight excluding hydrogens is 284 g/mol. The summed E-state index contributed by atoms with van der Waals surface area (Å²) in [6.45, 7) is -0.386. The number of carbonyl (C=O) groups excluding carboxylic acids is 3. The van der Waals surface area contributed by atoms with Gasteiger partial charge in [0.05, 0.1) is 23.7 Å². The molecule has 0 saturated heterocycles. The Morgan fingerprint density at radius 2 is 1.95 bits per heavy atom. The standard InChI is InChI=1S/C12H15ClN4O3/c1-15-12(20)8-4-7(2-3-9(8)13)17-11(19)6-16-10(18)5-14/h2-4H,5-6,14H2,1H3,(H,15,20)(H,16,18)(H,17,19). The number of nitrogens with two attached hydrogens (primary N) is 1. The van der Waals surface area contributed by atoms with Gasteiger partial charge < -0.3 is 21.7 Å². The quantitative estimate of drug-likeness (QED) is 0.598. The molecular formula is C12H15ClN4O3. The molecule has 0 bridgehead atoms. The normalized spacial score (nSPS) is 9.75. The average Bonchev–Trinajstić information content (AvgIpc) is 2.45. The van der Waals surface area contributed by atoms with Gasteiger partial charge in [0.15, 0.2) is 0 Å². The Balaban J connectivity index is 2.71. The minimum absolute atomic E-state index is 0.185. The first-order valence-corrected chi connectivity index (χ1v) is 6.14. The van der Waals surface area contributed by atoms with Crippen LogP contribution in [-0.4, -0.2) is 37.9 Å². The molecule has 0 fully saturated rings. The summed E-state index contributed by atoms with van der Waals surface area (Å²) >= 11 is 5.88. The van der Waals surface area contributed by atoms with E-state index < -0.39 is 11.8 Å². The molecule has 0 unspecified atom stereocenters. The molecule has 0 saturated carbocycles. The van der Waals surface area contributed by atoms with Gasteiger partial charge in [-0.05, 0) is 18.2 Å². The van der Waals surface area contributed by atoms with E-state index >= 15 is 0 Å². The zero-order valence-electron chi connectivity index (χ0n) is 10.8. The second-order valence-electron chi connectivity index (χ2n) is 3.80. The lowest BCUT2D eigenvalue weighted by atomic mass is 10.2. The van der Waals surface area contributed by atoms with Crippen molar-refractivity contribution in [2.24, 2.45) is 5.73 Å². The molecule has 0 aromatic heterocycles. The van der Waals surface area contributed by atoms with Crippen LogP contribution in [0.15, 0.2) is 18.2 Å². The Morgan fingerprint density at radius 1 is 1.25 bits per heavy atom. The van der Waals surface area contributed by atoms with Crippen LogP contribution in [0.5, 0.6) is 0 Å². The van der Waals surface area contributed by atoms with Gasteiger partial charge in [-0.15, -0.1) is 0 Å². The fourth-order valence-electron chi connectivity index (χ4n) is 1.37. The first kappa shape index (κ1) is 15.9. The highest BCUT2D eigenvalue weighted by molar-refractivity contribution is 6.34. The van der Waals surface area contributed by atoms with Crippen molar-refractivity contribution < 1.29 is 14.4 Å². The third-order valence-electron chi connectivity index (χ3n) is 2.35. The van der Waals surface area contributed by atoms with Crippen LogP contribution in [-0.2, 0) is 9.59 Å². The minimum atomic E-state index is -0.433. The van der Waals surface area contributed by atoms with Gasteiger partial charge in [0.1, 0.15) is 0 Å². The summed E-state index contributed by atoms with van der Waals surface area (Å²) in [6, 6.07) is 4.50. The number of halogens is 1. The lowest BCUT2D eigenvalue weighted by Gasteiger charge is -2.09. The van der Waals surface area contributed by atoms with Crippen LogP contribution in [0.3, 0.4) is 0 Å². The van der Waals surface area contributed by atoms with Crippen molar-refractivity contribution in [3.8, 4) is 0 Å². The van der Waals surface area contributed by atoms with Crippen molar-refractivity contribution in [2.75, 3.05) is 25.5 Å². The second kappa shape index (κ2) is 7.46. The number of anilines is 1. The predicted octanol–water partition coefficient (Wildman–Crippen LogP) is -0.287. The van der Waals surface area contributed by atoms with E-state index in [2.05, 4.69) is 16.0 Å². The van der Waals surface area contributed by atoms with Crippen molar-refractivity contribution in [1.82, 2.24) is 10.6 Å². The van der Waals surface area contributed by atoms with E-state index in [1.807, 2.05) is 0 Å². The van der Waals surface area contributed by atoms with Gasteiger partial charge in [0, 0.05) is 12.7 Å². The van der Waals surface area contributed by atoms with Crippen LogP contribution >= 0.6 is 11.6 Å². The highest BCUT2D eigenvalue weighted by atomic mass is 35.5. The molecule has 0 spiro atoms. The first-order chi connectivity index (χ1) is 9.47. The summed E-state index contributed by atoms with van der Waals surface area (Å²) in [5.74, 6) is -1.22. The molecule has 0 aliphatic rings. The Morgan fingerprint density at radius 3 is 2.55 bits per heavy atom. The Kier molecular flexibility index (Phi) is 5.95. The number of benzene rings is 1. The van der Waals surface area contributed by atoms with Gasteiger partial charge in [-0.2, -0.15) is 0 Å². The molecule has 0 aliphatic heterocycles. The van der Waals surface area contributed by atoms with E-state index in [1.54, 1.807) is 6.07 Å². The Labute approximate surface area is 120 Å². The van der Waals surface area contributed by atoms with E-state index in [1.165, 1.54) is 19.2 Å². The molecule has 108 valence electrons. The molecule has 0 radical (unpaired) electrons. The third kappa shape index (κ3) is 4.52. The number of hydrogen-bond donors (Lipinski definition) is 4. The maximum Gasteiger partial charge on any atom is 0.252 e. The van der Waals surface area contributed by atoms with Crippen LogP contribution in [0.25, 0.3) is 0 Å². The summed E-state index contributed by atoms with van der Waals surface area (Å²) in [4.78, 5) is 34.0. The number of rotatable bonds is 5. The maximum absolute atomic E-state index is 11.6. The van der Waals surface area contributed by atoms with Crippen LogP contribution in [0.2, 0.25) is 5.02 Å². The van der Waals surface area contributed by atoms with Crippen molar-refractivity contribution >= 4 is 35.0 Å². The zero-order chi connectivity index (χ0) is 15.1. The minimum Gasteiger partial charge on any atom is -0.355 e. The van der Waals surface area contributed by atoms with E-state index in [-0.39, 0.29) is 29.6 Å². The van der Waals surface area contributed by atoms with Gasteiger partial charge in [-0.3, -0.25) is 14.4 Å². The highest BCUT2D eigenvalue weighted by Gasteiger charge is 2.11. The van der Waals surface area contributed by atoms with Crippen LogP contribution in [0.4, 0.5) is 5.69 Å². The van der Waals surface area contributed by atoms with Crippen molar-refractivity contribution in [3.05, 3.63) is 28.8 Å². The van der Waals surface area contributed by atoms with Crippen molar-refractivity contribution in [1.29, 1.82) is 0 Å². The molecule has 20 heavy (non-hydrogen) atoms. The second-order valence-corrected chi connectivity index (χ2v) is 4.21. The number of amides is 3. The van der Waals surface area contributed by atoms with E-state index in [4.69, 9.17) is 17.3 Å². The molecule has 5 N–H and O–H groups in total. The molecule has 1 aromatic carbocycles. The van der Waals surface area contributed by atoms with Crippen molar-refractivity contribution in [3.63, 3.8) is 0 Å². The lowest BCUT2D eigenvalue weighted by molar-refractivity contribution is -0.123. The average molecular weight is 299 g/mol. The third-order valence-corrected chi connectivity index (χ3v) is 2.68. The van der Waals surface area contributed by atoms with E-state index in [9.17, 15) is 14.4 Å². The fourth-order valence-corrected chi connectivity index (χ4v) is 1.57. The molecule has 0 aliphatic carbocycles. The molecule has 7 nitrogen and oxygen atoms in total. The van der Waals surface area contributed by atoms with E-state index in [0.29, 0.717) is 5.69 Å². The van der Waals surface area contributed by atoms with Crippen LogP contribution in [0.1, 0.15) is 10.4 Å². The molecule has 8 heteroatoms. The SMILES string of the molecule is CNC(=O)c1cc(NC(=O)CNC(=O)CN)ccc1Cl. The summed E-state index contributed by atoms with van der Waals surface area (Å²) in [7, 11) is 1.48. The van der Waals surface area contributed by atoms with Gasteiger partial charge in [0.25, 0.3) is 5.91 Å². The zero-order valence-corrected chi connectivity index (χ0v) is 11.6. The fraction of sp³-hybridized carbons (Fsp3) is 0.250. The lowest BCUT2D eigenvalue weighted by Crippen LogP contribution is -2.36. The van der Waals surface area contributed by atoms with E-state index in [0.717, 1.165) is 0 Å². The molecule has 1 aromatic rings. The number of nitrogens with one attached hydrogen (secondary N) is 3.